The van der Waals surface area contributed by atoms with Crippen LogP contribution in [0.5, 0.6) is 0 Å². The molecule has 1 saturated carbocycles. The van der Waals surface area contributed by atoms with Crippen molar-refractivity contribution < 1.29 is 14.4 Å². The van der Waals surface area contributed by atoms with Gasteiger partial charge in [-0.3, -0.25) is 9.20 Å². The highest BCUT2D eigenvalue weighted by atomic mass is 16.5. The Labute approximate surface area is 118 Å². The summed E-state index contributed by atoms with van der Waals surface area (Å²) in [7, 11) is 0. The third-order valence-electron chi connectivity index (χ3n) is 3.43. The number of carbonyl (C=O) groups is 1. The largest absolute Gasteiger partial charge is 0.481 e. The van der Waals surface area contributed by atoms with E-state index < -0.39 is 5.97 Å². The number of aliphatic carboxylic acids is 1. The molecule has 1 fully saturated rings. The molecule has 1 N–H and O–H groups in total. The zero-order valence-corrected chi connectivity index (χ0v) is 10.9. The van der Waals surface area contributed by atoms with E-state index in [-0.39, 0.29) is 6.42 Å². The maximum atomic E-state index is 10.8. The van der Waals surface area contributed by atoms with Gasteiger partial charge in [-0.05, 0) is 25.0 Å². The minimum absolute atomic E-state index is 0.193. The number of hydrogen-bond acceptors (Lipinski definition) is 6. The average molecular weight is 285 g/mol. The van der Waals surface area contributed by atoms with E-state index in [1.54, 1.807) is 22.7 Å². The number of rotatable bonds is 4. The first kappa shape index (κ1) is 12.0. The van der Waals surface area contributed by atoms with Crippen LogP contribution in [0, 0.1) is 0 Å². The highest BCUT2D eigenvalue weighted by Crippen LogP contribution is 2.39. The Morgan fingerprint density at radius 1 is 1.43 bits per heavy atom. The Hall–Kier alpha value is -2.77. The van der Waals surface area contributed by atoms with Gasteiger partial charge >= 0.3 is 5.97 Å². The molecule has 3 aromatic heterocycles. The predicted molar refractivity (Wildman–Crippen MR) is 69.6 cm³/mol. The lowest BCUT2D eigenvalue weighted by atomic mass is 10.2. The van der Waals surface area contributed by atoms with Crippen molar-refractivity contribution in [2.24, 2.45) is 0 Å². The number of fused-ring (bicyclic) bond motifs is 1. The van der Waals surface area contributed by atoms with E-state index >= 15 is 0 Å². The SMILES string of the molecule is O=C(O)Cc1nnc2c(-c3nc(C4CC4)no3)cccn12. The molecular weight excluding hydrogens is 274 g/mol. The van der Waals surface area contributed by atoms with Crippen LogP contribution in [0.2, 0.25) is 0 Å². The molecule has 8 nitrogen and oxygen atoms in total. The summed E-state index contributed by atoms with van der Waals surface area (Å²) in [5, 5.41) is 20.8. The van der Waals surface area contributed by atoms with Crippen LogP contribution in [0.3, 0.4) is 0 Å². The number of carboxylic acid groups (broad SMARTS) is 1. The fourth-order valence-corrected chi connectivity index (χ4v) is 2.24. The van der Waals surface area contributed by atoms with Crippen LogP contribution >= 0.6 is 0 Å². The molecule has 0 atom stereocenters. The van der Waals surface area contributed by atoms with Crippen molar-refractivity contribution >= 4 is 11.6 Å². The molecule has 0 radical (unpaired) electrons. The van der Waals surface area contributed by atoms with Crippen LogP contribution in [0.4, 0.5) is 0 Å². The highest BCUT2D eigenvalue weighted by Gasteiger charge is 2.29. The van der Waals surface area contributed by atoms with E-state index in [1.807, 2.05) is 0 Å². The van der Waals surface area contributed by atoms with Crippen molar-refractivity contribution in [1.29, 1.82) is 0 Å². The third-order valence-corrected chi connectivity index (χ3v) is 3.43. The number of nitrogens with zero attached hydrogens (tertiary/aromatic N) is 5. The van der Waals surface area contributed by atoms with Gasteiger partial charge in [-0.2, -0.15) is 4.98 Å². The van der Waals surface area contributed by atoms with E-state index in [0.29, 0.717) is 28.8 Å². The molecule has 1 aliphatic rings. The van der Waals surface area contributed by atoms with Crippen LogP contribution in [0.25, 0.3) is 17.1 Å². The Morgan fingerprint density at radius 3 is 3.05 bits per heavy atom. The molecule has 4 rings (SSSR count). The lowest BCUT2D eigenvalue weighted by molar-refractivity contribution is -0.136. The Kier molecular flexibility index (Phi) is 2.50. The van der Waals surface area contributed by atoms with E-state index in [9.17, 15) is 4.79 Å². The molecule has 8 heteroatoms. The summed E-state index contributed by atoms with van der Waals surface area (Å²) in [6.07, 6.45) is 3.71. The zero-order valence-electron chi connectivity index (χ0n) is 10.9. The molecule has 3 aromatic rings. The van der Waals surface area contributed by atoms with Crippen molar-refractivity contribution in [3.05, 3.63) is 30.0 Å². The summed E-state index contributed by atoms with van der Waals surface area (Å²) in [5.41, 5.74) is 1.17. The maximum Gasteiger partial charge on any atom is 0.311 e. The van der Waals surface area contributed by atoms with Gasteiger partial charge in [-0.25, -0.2) is 0 Å². The van der Waals surface area contributed by atoms with Crippen molar-refractivity contribution in [2.45, 2.75) is 25.2 Å². The molecule has 0 spiro atoms. The van der Waals surface area contributed by atoms with Crippen LogP contribution in [0.1, 0.15) is 30.4 Å². The Balaban J connectivity index is 1.80. The van der Waals surface area contributed by atoms with Crippen molar-refractivity contribution in [3.8, 4) is 11.5 Å². The first-order valence-corrected chi connectivity index (χ1v) is 6.61. The molecule has 0 saturated heterocycles. The zero-order chi connectivity index (χ0) is 14.4. The van der Waals surface area contributed by atoms with Gasteiger partial charge in [-0.1, -0.05) is 5.16 Å². The minimum Gasteiger partial charge on any atom is -0.481 e. The monoisotopic (exact) mass is 285 g/mol. The average Bonchev–Trinajstić information content (AvgIpc) is 3.06. The van der Waals surface area contributed by atoms with Crippen LogP contribution in [0.15, 0.2) is 22.9 Å². The van der Waals surface area contributed by atoms with E-state index in [1.165, 1.54) is 0 Å². The lowest BCUT2D eigenvalue weighted by Gasteiger charge is -1.99. The van der Waals surface area contributed by atoms with Crippen molar-refractivity contribution in [2.75, 3.05) is 0 Å². The van der Waals surface area contributed by atoms with Gasteiger partial charge in [0.15, 0.2) is 11.5 Å². The summed E-state index contributed by atoms with van der Waals surface area (Å²) >= 11 is 0. The summed E-state index contributed by atoms with van der Waals surface area (Å²) in [4.78, 5) is 15.2. The smallest absolute Gasteiger partial charge is 0.311 e. The van der Waals surface area contributed by atoms with Gasteiger partial charge in [-0.15, -0.1) is 10.2 Å². The van der Waals surface area contributed by atoms with Crippen LogP contribution in [-0.2, 0) is 11.2 Å². The molecule has 0 aromatic carbocycles. The summed E-state index contributed by atoms with van der Waals surface area (Å²) in [6.45, 7) is 0. The van der Waals surface area contributed by atoms with Gasteiger partial charge in [0.25, 0.3) is 5.89 Å². The standard InChI is InChI=1S/C13H11N5O3/c19-10(20)6-9-15-16-12-8(2-1-5-18(9)12)13-14-11(17-21-13)7-3-4-7/h1-2,5,7H,3-4,6H2,(H,19,20). The molecule has 0 aliphatic heterocycles. The third kappa shape index (κ3) is 2.04. The molecule has 106 valence electrons. The predicted octanol–water partition coefficient (Wildman–Crippen LogP) is 1.28. The second-order valence-corrected chi connectivity index (χ2v) is 5.03. The molecule has 1 aliphatic carbocycles. The second kappa shape index (κ2) is 4.37. The second-order valence-electron chi connectivity index (χ2n) is 5.03. The highest BCUT2D eigenvalue weighted by molar-refractivity contribution is 5.73. The fraction of sp³-hybridized carbons (Fsp3) is 0.308. The van der Waals surface area contributed by atoms with Gasteiger partial charge in [0.05, 0.1) is 5.56 Å². The molecule has 0 unspecified atom stereocenters. The quantitative estimate of drug-likeness (QED) is 0.769. The Morgan fingerprint density at radius 2 is 2.29 bits per heavy atom. The normalized spacial score (nSPS) is 14.7. The van der Waals surface area contributed by atoms with E-state index in [0.717, 1.165) is 18.7 Å². The molecule has 0 amide bonds. The van der Waals surface area contributed by atoms with Gasteiger partial charge in [0.2, 0.25) is 0 Å². The molecule has 0 bridgehead atoms. The Bertz CT molecular complexity index is 833. The lowest BCUT2D eigenvalue weighted by Crippen LogP contribution is -2.04. The summed E-state index contributed by atoms with van der Waals surface area (Å²) < 4.78 is 6.92. The molecule has 3 heterocycles. The number of carboxylic acids is 1. The van der Waals surface area contributed by atoms with Gasteiger partial charge in [0, 0.05) is 12.1 Å². The van der Waals surface area contributed by atoms with Crippen molar-refractivity contribution in [1.82, 2.24) is 24.7 Å². The molecule has 21 heavy (non-hydrogen) atoms. The van der Waals surface area contributed by atoms with Crippen LogP contribution in [-0.4, -0.2) is 35.8 Å². The van der Waals surface area contributed by atoms with Crippen LogP contribution < -0.4 is 0 Å². The fourth-order valence-electron chi connectivity index (χ4n) is 2.24. The van der Waals surface area contributed by atoms with Crippen molar-refractivity contribution in [3.63, 3.8) is 0 Å². The first-order valence-electron chi connectivity index (χ1n) is 6.61. The minimum atomic E-state index is -0.955. The number of pyridine rings is 1. The number of hydrogen-bond donors (Lipinski definition) is 1. The first-order chi connectivity index (χ1) is 10.2. The van der Waals surface area contributed by atoms with E-state index in [4.69, 9.17) is 9.63 Å². The topological polar surface area (TPSA) is 106 Å². The summed E-state index contributed by atoms with van der Waals surface area (Å²) in [6, 6.07) is 3.58. The van der Waals surface area contributed by atoms with Gasteiger partial charge < -0.3 is 9.63 Å². The maximum absolute atomic E-state index is 10.8. The summed E-state index contributed by atoms with van der Waals surface area (Å²) in [5.74, 6) is 0.918. The molecular formula is C13H11N5O3. The van der Waals surface area contributed by atoms with E-state index in [2.05, 4.69) is 20.3 Å². The van der Waals surface area contributed by atoms with Gasteiger partial charge in [0.1, 0.15) is 12.2 Å². The number of aromatic nitrogens is 5.